The molecule has 0 aliphatic carbocycles. The zero-order valence-corrected chi connectivity index (χ0v) is 11.5. The van der Waals surface area contributed by atoms with Crippen LogP contribution in [0.25, 0.3) is 11.1 Å². The molecule has 2 aromatic rings. The Kier molecular flexibility index (Phi) is 3.63. The Morgan fingerprint density at radius 3 is 2.45 bits per heavy atom. The van der Waals surface area contributed by atoms with Gasteiger partial charge in [-0.05, 0) is 35.4 Å². The molecule has 2 rings (SSSR count). The SMILES string of the molecule is CS(=O)(=O)Nc1cccc(-c2ccc(C#N)c(O)c2)c1. The van der Waals surface area contributed by atoms with Gasteiger partial charge in [-0.15, -0.1) is 0 Å². The molecule has 0 spiro atoms. The number of rotatable bonds is 3. The minimum atomic E-state index is -3.34. The van der Waals surface area contributed by atoms with E-state index in [0.29, 0.717) is 11.3 Å². The van der Waals surface area contributed by atoms with E-state index in [9.17, 15) is 13.5 Å². The summed E-state index contributed by atoms with van der Waals surface area (Å²) in [6.45, 7) is 0. The third kappa shape index (κ3) is 3.28. The maximum absolute atomic E-state index is 11.2. The van der Waals surface area contributed by atoms with Crippen LogP contribution < -0.4 is 4.72 Å². The summed E-state index contributed by atoms with van der Waals surface area (Å²) in [5.74, 6) is -0.105. The molecular formula is C14H12N2O3S. The molecule has 0 unspecified atom stereocenters. The molecule has 5 nitrogen and oxygen atoms in total. The highest BCUT2D eigenvalue weighted by Gasteiger charge is 2.06. The molecule has 0 radical (unpaired) electrons. The molecule has 6 heteroatoms. The fourth-order valence-electron chi connectivity index (χ4n) is 1.78. The molecule has 0 aliphatic heterocycles. The van der Waals surface area contributed by atoms with Crippen LogP contribution in [0.5, 0.6) is 5.75 Å². The van der Waals surface area contributed by atoms with Crippen LogP contribution in [0.3, 0.4) is 0 Å². The van der Waals surface area contributed by atoms with Crippen molar-refractivity contribution in [3.05, 3.63) is 48.0 Å². The molecule has 2 N–H and O–H groups in total. The quantitative estimate of drug-likeness (QED) is 0.906. The van der Waals surface area contributed by atoms with Gasteiger partial charge in [0.15, 0.2) is 0 Å². The third-order valence-electron chi connectivity index (χ3n) is 2.62. The normalized spacial score (nSPS) is 10.8. The average molecular weight is 288 g/mol. The Morgan fingerprint density at radius 1 is 1.15 bits per heavy atom. The molecule has 20 heavy (non-hydrogen) atoms. The Balaban J connectivity index is 2.41. The van der Waals surface area contributed by atoms with Crippen LogP contribution in [0.15, 0.2) is 42.5 Å². The average Bonchev–Trinajstić information content (AvgIpc) is 2.37. The van der Waals surface area contributed by atoms with Crippen LogP contribution >= 0.6 is 0 Å². The molecule has 102 valence electrons. The van der Waals surface area contributed by atoms with E-state index < -0.39 is 10.0 Å². The summed E-state index contributed by atoms with van der Waals surface area (Å²) < 4.78 is 24.8. The number of nitrogens with zero attached hydrogens (tertiary/aromatic N) is 1. The van der Waals surface area contributed by atoms with Gasteiger partial charge in [-0.3, -0.25) is 4.72 Å². The Hall–Kier alpha value is -2.52. The molecule has 2 aromatic carbocycles. The highest BCUT2D eigenvalue weighted by Crippen LogP contribution is 2.27. The predicted molar refractivity (Wildman–Crippen MR) is 76.7 cm³/mol. The third-order valence-corrected chi connectivity index (χ3v) is 3.22. The fraction of sp³-hybridized carbons (Fsp3) is 0.0714. The highest BCUT2D eigenvalue weighted by molar-refractivity contribution is 7.92. The second-order valence-electron chi connectivity index (χ2n) is 4.30. The lowest BCUT2D eigenvalue weighted by molar-refractivity contribution is 0.474. The zero-order valence-electron chi connectivity index (χ0n) is 10.7. The van der Waals surface area contributed by atoms with Crippen LogP contribution in [0.2, 0.25) is 0 Å². The number of hydrogen-bond donors (Lipinski definition) is 2. The summed E-state index contributed by atoms with van der Waals surface area (Å²) >= 11 is 0. The molecule has 0 aliphatic rings. The summed E-state index contributed by atoms with van der Waals surface area (Å²) in [5.41, 5.74) is 2.06. The van der Waals surface area contributed by atoms with Crippen LogP contribution in [-0.2, 0) is 10.0 Å². The first-order chi connectivity index (χ1) is 9.39. The lowest BCUT2D eigenvalue weighted by atomic mass is 10.0. The van der Waals surface area contributed by atoms with Crippen molar-refractivity contribution >= 4 is 15.7 Å². The van der Waals surface area contributed by atoms with E-state index in [0.717, 1.165) is 11.8 Å². The van der Waals surface area contributed by atoms with Crippen LogP contribution in [0.1, 0.15) is 5.56 Å². The van der Waals surface area contributed by atoms with Gasteiger partial charge < -0.3 is 5.11 Å². The molecule has 0 fully saturated rings. The number of anilines is 1. The zero-order chi connectivity index (χ0) is 14.8. The number of nitriles is 1. The minimum Gasteiger partial charge on any atom is -0.507 e. The van der Waals surface area contributed by atoms with Crippen molar-refractivity contribution in [1.82, 2.24) is 0 Å². The number of aromatic hydroxyl groups is 1. The number of nitrogens with one attached hydrogen (secondary N) is 1. The van der Waals surface area contributed by atoms with Gasteiger partial charge in [-0.1, -0.05) is 18.2 Å². The molecule has 0 atom stereocenters. The summed E-state index contributed by atoms with van der Waals surface area (Å²) in [6.07, 6.45) is 1.08. The van der Waals surface area contributed by atoms with Crippen LogP contribution in [0, 0.1) is 11.3 Å². The molecule has 0 saturated heterocycles. The fourth-order valence-corrected chi connectivity index (χ4v) is 2.34. The van der Waals surface area contributed by atoms with Crippen molar-refractivity contribution in [3.63, 3.8) is 0 Å². The summed E-state index contributed by atoms with van der Waals surface area (Å²) in [4.78, 5) is 0. The number of phenols is 1. The second-order valence-corrected chi connectivity index (χ2v) is 6.05. The second kappa shape index (κ2) is 5.23. The topological polar surface area (TPSA) is 90.2 Å². The lowest BCUT2D eigenvalue weighted by Gasteiger charge is -2.07. The molecule has 0 saturated carbocycles. The Bertz CT molecular complexity index is 792. The van der Waals surface area contributed by atoms with Gasteiger partial charge in [0.05, 0.1) is 11.8 Å². The predicted octanol–water partition coefficient (Wildman–Crippen LogP) is 2.30. The van der Waals surface area contributed by atoms with E-state index in [1.54, 1.807) is 30.3 Å². The smallest absolute Gasteiger partial charge is 0.229 e. The number of benzene rings is 2. The maximum Gasteiger partial charge on any atom is 0.229 e. The van der Waals surface area contributed by atoms with Gasteiger partial charge in [-0.25, -0.2) is 8.42 Å². The first-order valence-electron chi connectivity index (χ1n) is 5.70. The van der Waals surface area contributed by atoms with Gasteiger partial charge in [0.2, 0.25) is 10.0 Å². The lowest BCUT2D eigenvalue weighted by Crippen LogP contribution is -2.09. The van der Waals surface area contributed by atoms with Gasteiger partial charge in [0, 0.05) is 5.69 Å². The molecular weight excluding hydrogens is 276 g/mol. The molecule has 0 bridgehead atoms. The van der Waals surface area contributed by atoms with E-state index in [2.05, 4.69) is 4.72 Å². The van der Waals surface area contributed by atoms with Crippen molar-refractivity contribution in [1.29, 1.82) is 5.26 Å². The monoisotopic (exact) mass is 288 g/mol. The first-order valence-corrected chi connectivity index (χ1v) is 7.59. The largest absolute Gasteiger partial charge is 0.507 e. The van der Waals surface area contributed by atoms with E-state index in [-0.39, 0.29) is 11.3 Å². The standard InChI is InChI=1S/C14H12N2O3S/c1-20(18,19)16-13-4-2-3-10(7-13)11-5-6-12(9-15)14(17)8-11/h2-8,16-17H,1H3. The Morgan fingerprint density at radius 2 is 1.85 bits per heavy atom. The van der Waals surface area contributed by atoms with Crippen molar-refractivity contribution < 1.29 is 13.5 Å². The molecule has 0 heterocycles. The van der Waals surface area contributed by atoms with Crippen LogP contribution in [0.4, 0.5) is 5.69 Å². The summed E-state index contributed by atoms with van der Waals surface area (Å²) in [5, 5.41) is 18.4. The van der Waals surface area contributed by atoms with E-state index >= 15 is 0 Å². The first kappa shape index (κ1) is 13.9. The van der Waals surface area contributed by atoms with Gasteiger partial charge in [-0.2, -0.15) is 5.26 Å². The molecule has 0 amide bonds. The van der Waals surface area contributed by atoms with E-state index in [4.69, 9.17) is 5.26 Å². The maximum atomic E-state index is 11.2. The summed E-state index contributed by atoms with van der Waals surface area (Å²) in [6, 6.07) is 13.3. The minimum absolute atomic E-state index is 0.105. The van der Waals surface area contributed by atoms with Gasteiger partial charge in [0.25, 0.3) is 0 Å². The molecule has 0 aromatic heterocycles. The van der Waals surface area contributed by atoms with Crippen molar-refractivity contribution in [2.75, 3.05) is 11.0 Å². The van der Waals surface area contributed by atoms with Crippen molar-refractivity contribution in [2.45, 2.75) is 0 Å². The van der Waals surface area contributed by atoms with Crippen molar-refractivity contribution in [2.24, 2.45) is 0 Å². The van der Waals surface area contributed by atoms with Crippen molar-refractivity contribution in [3.8, 4) is 22.9 Å². The number of sulfonamides is 1. The van der Waals surface area contributed by atoms with Gasteiger partial charge in [0.1, 0.15) is 11.8 Å². The number of phenolic OH excluding ortho intramolecular Hbond substituents is 1. The number of hydrogen-bond acceptors (Lipinski definition) is 4. The van der Waals surface area contributed by atoms with E-state index in [1.807, 2.05) is 6.07 Å². The van der Waals surface area contributed by atoms with Crippen LogP contribution in [-0.4, -0.2) is 19.8 Å². The summed E-state index contributed by atoms with van der Waals surface area (Å²) in [7, 11) is -3.34. The highest BCUT2D eigenvalue weighted by atomic mass is 32.2. The van der Waals surface area contributed by atoms with E-state index in [1.165, 1.54) is 12.1 Å². The van der Waals surface area contributed by atoms with Gasteiger partial charge >= 0.3 is 0 Å². The Labute approximate surface area is 117 Å².